The van der Waals surface area contributed by atoms with Gasteiger partial charge in [-0.15, -0.1) is 10.2 Å². The molecule has 3 heterocycles. The third-order valence-corrected chi connectivity index (χ3v) is 2.59. The summed E-state index contributed by atoms with van der Waals surface area (Å²) in [5, 5.41) is 7.24. The van der Waals surface area contributed by atoms with E-state index in [1.165, 1.54) is 24.5 Å². The minimum absolute atomic E-state index is 0.0515. The van der Waals surface area contributed by atoms with Gasteiger partial charge in [-0.1, -0.05) is 0 Å². The van der Waals surface area contributed by atoms with Crippen LogP contribution in [0.25, 0.3) is 11.2 Å². The van der Waals surface area contributed by atoms with Crippen molar-refractivity contribution in [2.45, 2.75) is 0 Å². The lowest BCUT2D eigenvalue weighted by Crippen LogP contribution is -2.31. The van der Waals surface area contributed by atoms with E-state index in [2.05, 4.69) is 36.0 Å². The highest BCUT2D eigenvalue weighted by molar-refractivity contribution is 5.94. The quantitative estimate of drug-likeness (QED) is 0.428. The fourth-order valence-corrected chi connectivity index (χ4v) is 1.61. The number of H-pyrrole nitrogens is 2. The first-order chi connectivity index (χ1) is 10.6. The minimum Gasteiger partial charge on any atom is -0.290 e. The highest BCUT2D eigenvalue weighted by atomic mass is 16.2. The number of carbonyl (C=O) groups is 1. The summed E-state index contributed by atoms with van der Waals surface area (Å²) in [5.74, 6) is -0.526. The van der Waals surface area contributed by atoms with Gasteiger partial charge in [-0.25, -0.2) is 4.79 Å². The van der Waals surface area contributed by atoms with Crippen LogP contribution in [0.5, 0.6) is 0 Å². The summed E-state index contributed by atoms with van der Waals surface area (Å²) in [4.78, 5) is 46.4. The maximum Gasteiger partial charge on any atom is 0.327 e. The molecule has 0 saturated heterocycles. The molecule has 0 unspecified atom stereocenters. The molecule has 11 heteroatoms. The molecule has 0 aliphatic carbocycles. The van der Waals surface area contributed by atoms with E-state index >= 15 is 0 Å². The Bertz CT molecular complexity index is 949. The van der Waals surface area contributed by atoms with E-state index in [0.29, 0.717) is 5.56 Å². The number of nitrogens with one attached hydrogen (secondary N) is 4. The van der Waals surface area contributed by atoms with Crippen LogP contribution in [0.4, 0.5) is 5.95 Å². The highest BCUT2D eigenvalue weighted by Crippen LogP contribution is 2.00. The number of hydrogen-bond acceptors (Lipinski definition) is 8. The number of anilines is 1. The van der Waals surface area contributed by atoms with Gasteiger partial charge < -0.3 is 0 Å². The van der Waals surface area contributed by atoms with Gasteiger partial charge in [-0.3, -0.25) is 35.4 Å². The normalized spacial score (nSPS) is 10.4. The van der Waals surface area contributed by atoms with Crippen LogP contribution in [-0.4, -0.2) is 36.0 Å². The molecule has 4 N–H and O–H groups in total. The molecule has 110 valence electrons. The molecule has 1 amide bonds. The first-order valence-corrected chi connectivity index (χ1v) is 5.97. The monoisotopic (exact) mass is 300 g/mol. The van der Waals surface area contributed by atoms with Crippen molar-refractivity contribution in [3.63, 3.8) is 0 Å². The number of amides is 1. The fourth-order valence-electron chi connectivity index (χ4n) is 1.61. The largest absolute Gasteiger partial charge is 0.327 e. The van der Waals surface area contributed by atoms with Crippen LogP contribution in [0.2, 0.25) is 0 Å². The summed E-state index contributed by atoms with van der Waals surface area (Å²) in [6, 6.07) is 3.04. The average molecular weight is 300 g/mol. The smallest absolute Gasteiger partial charge is 0.290 e. The molecule has 11 nitrogen and oxygen atoms in total. The molecule has 0 radical (unpaired) electrons. The molecule has 0 bridgehead atoms. The van der Waals surface area contributed by atoms with Gasteiger partial charge in [0, 0.05) is 18.0 Å². The number of hydrazine groups is 1. The standard InChI is InChI=1S/C11H8N8O3/c20-8(5-1-3-12-4-2-5)17-19-10-13-7-6(16-18-10)9(21)15-11(22)14-7/h1-4H,(H,17,20)(H3,13,14,15,18,19,21,22). The number of aromatic nitrogens is 6. The zero-order valence-electron chi connectivity index (χ0n) is 10.8. The Morgan fingerprint density at radius 3 is 2.64 bits per heavy atom. The van der Waals surface area contributed by atoms with Crippen molar-refractivity contribution in [3.8, 4) is 0 Å². The molecular formula is C11H8N8O3. The molecule has 0 atom stereocenters. The van der Waals surface area contributed by atoms with Gasteiger partial charge in [0.15, 0.2) is 11.2 Å². The lowest BCUT2D eigenvalue weighted by molar-refractivity contribution is 0.0962. The molecule has 0 fully saturated rings. The van der Waals surface area contributed by atoms with Crippen molar-refractivity contribution < 1.29 is 4.79 Å². The van der Waals surface area contributed by atoms with Gasteiger partial charge in [-0.2, -0.15) is 4.98 Å². The molecule has 0 aliphatic heterocycles. The predicted molar refractivity (Wildman–Crippen MR) is 73.9 cm³/mol. The zero-order valence-corrected chi connectivity index (χ0v) is 10.8. The molecule has 0 saturated carbocycles. The number of carbonyl (C=O) groups excluding carboxylic acids is 1. The van der Waals surface area contributed by atoms with Crippen molar-refractivity contribution in [3.05, 3.63) is 50.9 Å². The van der Waals surface area contributed by atoms with Gasteiger partial charge in [-0.05, 0) is 12.1 Å². The lowest BCUT2D eigenvalue weighted by atomic mass is 10.3. The van der Waals surface area contributed by atoms with Crippen molar-refractivity contribution in [1.82, 2.24) is 35.6 Å². The Morgan fingerprint density at radius 2 is 1.86 bits per heavy atom. The number of pyridine rings is 1. The maximum absolute atomic E-state index is 11.8. The van der Waals surface area contributed by atoms with Crippen LogP contribution in [0.15, 0.2) is 34.1 Å². The van der Waals surface area contributed by atoms with E-state index in [1.54, 1.807) is 0 Å². The van der Waals surface area contributed by atoms with Gasteiger partial charge in [0.25, 0.3) is 17.4 Å². The third kappa shape index (κ3) is 2.63. The molecule has 0 aromatic carbocycles. The number of aromatic amines is 2. The highest BCUT2D eigenvalue weighted by Gasteiger charge is 2.08. The Hall–Kier alpha value is -3.63. The van der Waals surface area contributed by atoms with Gasteiger partial charge >= 0.3 is 5.69 Å². The van der Waals surface area contributed by atoms with E-state index in [4.69, 9.17) is 0 Å². The average Bonchev–Trinajstić information content (AvgIpc) is 2.53. The second kappa shape index (κ2) is 5.40. The van der Waals surface area contributed by atoms with Crippen LogP contribution in [0.1, 0.15) is 10.4 Å². The van der Waals surface area contributed by atoms with Crippen LogP contribution in [0.3, 0.4) is 0 Å². The predicted octanol–water partition coefficient (Wildman–Crippen LogP) is -1.45. The Kier molecular flexibility index (Phi) is 3.28. The summed E-state index contributed by atoms with van der Waals surface area (Å²) in [7, 11) is 0. The first kappa shape index (κ1) is 13.4. The number of rotatable bonds is 3. The number of nitrogens with zero attached hydrogens (tertiary/aromatic N) is 4. The molecule has 0 spiro atoms. The molecule has 3 aromatic heterocycles. The summed E-state index contributed by atoms with van der Waals surface area (Å²) < 4.78 is 0. The second-order valence-corrected chi connectivity index (χ2v) is 4.06. The third-order valence-electron chi connectivity index (χ3n) is 2.59. The van der Waals surface area contributed by atoms with Crippen molar-refractivity contribution in [2.75, 3.05) is 5.43 Å². The topological polar surface area (TPSA) is 158 Å². The van der Waals surface area contributed by atoms with E-state index in [1.807, 2.05) is 4.98 Å². The van der Waals surface area contributed by atoms with Crippen LogP contribution >= 0.6 is 0 Å². The van der Waals surface area contributed by atoms with Crippen molar-refractivity contribution >= 4 is 23.0 Å². The second-order valence-electron chi connectivity index (χ2n) is 4.06. The Morgan fingerprint density at radius 1 is 1.09 bits per heavy atom. The number of fused-ring (bicyclic) bond motifs is 1. The molecular weight excluding hydrogens is 292 g/mol. The van der Waals surface area contributed by atoms with Crippen LogP contribution in [0, 0.1) is 0 Å². The minimum atomic E-state index is -0.718. The number of hydrogen-bond donors (Lipinski definition) is 4. The van der Waals surface area contributed by atoms with E-state index in [9.17, 15) is 14.4 Å². The summed E-state index contributed by atoms with van der Waals surface area (Å²) >= 11 is 0. The van der Waals surface area contributed by atoms with Gasteiger partial charge in [0.05, 0.1) is 0 Å². The van der Waals surface area contributed by atoms with Gasteiger partial charge in [0.2, 0.25) is 0 Å². The molecule has 3 aromatic rings. The van der Waals surface area contributed by atoms with E-state index < -0.39 is 17.2 Å². The van der Waals surface area contributed by atoms with Gasteiger partial charge in [0.1, 0.15) is 0 Å². The molecule has 0 aliphatic rings. The molecule has 3 rings (SSSR count). The van der Waals surface area contributed by atoms with Crippen molar-refractivity contribution in [1.29, 1.82) is 0 Å². The summed E-state index contributed by atoms with van der Waals surface area (Å²) in [6.07, 6.45) is 2.94. The Balaban J connectivity index is 1.81. The van der Waals surface area contributed by atoms with E-state index in [-0.39, 0.29) is 17.1 Å². The Labute approximate surface area is 120 Å². The van der Waals surface area contributed by atoms with Crippen LogP contribution in [-0.2, 0) is 0 Å². The first-order valence-electron chi connectivity index (χ1n) is 5.97. The zero-order chi connectivity index (χ0) is 15.5. The maximum atomic E-state index is 11.8. The van der Waals surface area contributed by atoms with Crippen LogP contribution < -0.4 is 22.1 Å². The summed E-state index contributed by atoms with van der Waals surface area (Å²) in [5.41, 5.74) is 3.57. The fraction of sp³-hybridized carbons (Fsp3) is 0. The lowest BCUT2D eigenvalue weighted by Gasteiger charge is -2.06. The SMILES string of the molecule is O=C(NNc1nnc2c(=O)[nH]c(=O)[nH]c2n1)c1ccncc1. The summed E-state index contributed by atoms with van der Waals surface area (Å²) in [6.45, 7) is 0. The molecule has 22 heavy (non-hydrogen) atoms. The van der Waals surface area contributed by atoms with E-state index in [0.717, 1.165) is 0 Å². The van der Waals surface area contributed by atoms with Crippen molar-refractivity contribution in [2.24, 2.45) is 0 Å².